The van der Waals surface area contributed by atoms with Gasteiger partial charge in [-0.25, -0.2) is 9.18 Å². The molecule has 0 amide bonds. The molecule has 33 heavy (non-hydrogen) atoms. The number of aryl methyl sites for hydroxylation is 2. The number of rotatable bonds is 4. The lowest BCUT2D eigenvalue weighted by Gasteiger charge is -2.33. The smallest absolute Gasteiger partial charge is 0.312 e. The van der Waals surface area contributed by atoms with Crippen molar-refractivity contribution in [2.45, 2.75) is 33.4 Å². The van der Waals surface area contributed by atoms with Crippen LogP contribution >= 0.6 is 0 Å². The summed E-state index contributed by atoms with van der Waals surface area (Å²) >= 11 is 0. The van der Waals surface area contributed by atoms with E-state index in [0.29, 0.717) is 29.2 Å². The van der Waals surface area contributed by atoms with Crippen molar-refractivity contribution < 1.29 is 4.39 Å². The van der Waals surface area contributed by atoms with Crippen LogP contribution in [0.1, 0.15) is 25.0 Å². The van der Waals surface area contributed by atoms with Gasteiger partial charge in [-0.2, -0.15) is 4.98 Å². The standard InChI is InChI=1S/C25H26FN5O2/c1-4-17-9-11-19(12-10-17)29-13-16(2)14-30-21-22(27-24(29)30)28(3)25(33)31(23(21)32)15-18-7-5-6-8-20(18)26/h5-12,16H,4,13-15H2,1-3H3/t16-/m0/s1. The molecule has 7 nitrogen and oxygen atoms in total. The molecule has 1 atom stereocenters. The number of nitrogens with zero attached hydrogens (tertiary/aromatic N) is 5. The largest absolute Gasteiger partial charge is 0.332 e. The molecule has 4 aromatic rings. The Bertz CT molecular complexity index is 1470. The van der Waals surface area contributed by atoms with Crippen LogP contribution < -0.4 is 16.1 Å². The van der Waals surface area contributed by atoms with Gasteiger partial charge in [0.2, 0.25) is 5.95 Å². The SMILES string of the molecule is CCc1ccc(N2C[C@H](C)Cn3c2nc2c3c(=O)n(Cc3ccccc3F)c(=O)n2C)cc1. The Kier molecular flexibility index (Phi) is 5.15. The Morgan fingerprint density at radius 2 is 1.79 bits per heavy atom. The molecule has 0 radical (unpaired) electrons. The number of imidazole rings is 1. The molecule has 0 saturated carbocycles. The van der Waals surface area contributed by atoms with Gasteiger partial charge < -0.3 is 9.47 Å². The zero-order valence-electron chi connectivity index (χ0n) is 19.0. The predicted molar refractivity (Wildman–Crippen MR) is 127 cm³/mol. The molecule has 2 aromatic carbocycles. The summed E-state index contributed by atoms with van der Waals surface area (Å²) in [6, 6.07) is 14.5. The fraction of sp³-hybridized carbons (Fsp3) is 0.320. The van der Waals surface area contributed by atoms with Gasteiger partial charge in [-0.1, -0.05) is 44.2 Å². The highest BCUT2D eigenvalue weighted by Gasteiger charge is 2.30. The predicted octanol–water partition coefficient (Wildman–Crippen LogP) is 3.43. The van der Waals surface area contributed by atoms with Crippen LogP contribution in [0.15, 0.2) is 58.1 Å². The minimum absolute atomic E-state index is 0.133. The summed E-state index contributed by atoms with van der Waals surface area (Å²) in [5.74, 6) is 0.456. The molecule has 0 aliphatic carbocycles. The lowest BCUT2D eigenvalue weighted by molar-refractivity contribution is 0.458. The van der Waals surface area contributed by atoms with Gasteiger partial charge in [-0.3, -0.25) is 13.9 Å². The van der Waals surface area contributed by atoms with E-state index >= 15 is 0 Å². The lowest BCUT2D eigenvalue weighted by Crippen LogP contribution is -2.40. The van der Waals surface area contributed by atoms with Crippen molar-refractivity contribution in [1.29, 1.82) is 0 Å². The number of benzene rings is 2. The monoisotopic (exact) mass is 447 g/mol. The van der Waals surface area contributed by atoms with Crippen LogP contribution in [0.2, 0.25) is 0 Å². The van der Waals surface area contributed by atoms with Gasteiger partial charge in [-0.15, -0.1) is 0 Å². The van der Waals surface area contributed by atoms with Crippen molar-refractivity contribution in [3.8, 4) is 0 Å². The summed E-state index contributed by atoms with van der Waals surface area (Å²) in [6.45, 7) is 5.48. The highest BCUT2D eigenvalue weighted by atomic mass is 19.1. The summed E-state index contributed by atoms with van der Waals surface area (Å²) in [5.41, 5.74) is 2.27. The Morgan fingerprint density at radius 3 is 2.48 bits per heavy atom. The van der Waals surface area contributed by atoms with E-state index in [0.717, 1.165) is 23.2 Å². The van der Waals surface area contributed by atoms with Gasteiger partial charge >= 0.3 is 5.69 Å². The first-order valence-electron chi connectivity index (χ1n) is 11.2. The molecule has 0 fully saturated rings. The maximum absolute atomic E-state index is 14.3. The second kappa shape index (κ2) is 8.03. The number of anilines is 2. The molecule has 2 aromatic heterocycles. The van der Waals surface area contributed by atoms with E-state index in [4.69, 9.17) is 4.98 Å². The topological polar surface area (TPSA) is 65.1 Å². The molecule has 170 valence electrons. The summed E-state index contributed by atoms with van der Waals surface area (Å²) in [4.78, 5) is 33.4. The minimum Gasteiger partial charge on any atom is -0.312 e. The van der Waals surface area contributed by atoms with Crippen molar-refractivity contribution in [1.82, 2.24) is 18.7 Å². The van der Waals surface area contributed by atoms with Crippen molar-refractivity contribution in [3.63, 3.8) is 0 Å². The third kappa shape index (κ3) is 3.46. The summed E-state index contributed by atoms with van der Waals surface area (Å²) in [6.07, 6.45) is 0.957. The van der Waals surface area contributed by atoms with Crippen molar-refractivity contribution in [2.24, 2.45) is 13.0 Å². The van der Waals surface area contributed by atoms with Crippen LogP contribution in [-0.2, 0) is 26.6 Å². The maximum atomic E-state index is 14.3. The number of aromatic nitrogens is 4. The van der Waals surface area contributed by atoms with E-state index in [1.54, 1.807) is 25.2 Å². The molecular weight excluding hydrogens is 421 g/mol. The van der Waals surface area contributed by atoms with Gasteiger partial charge in [0.1, 0.15) is 5.82 Å². The average molecular weight is 448 g/mol. The van der Waals surface area contributed by atoms with Crippen LogP contribution in [-0.4, -0.2) is 25.2 Å². The Labute approximate surface area is 190 Å². The maximum Gasteiger partial charge on any atom is 0.332 e. The molecule has 0 saturated heterocycles. The first-order chi connectivity index (χ1) is 15.9. The van der Waals surface area contributed by atoms with Crippen molar-refractivity contribution in [2.75, 3.05) is 11.4 Å². The molecule has 5 rings (SSSR count). The summed E-state index contributed by atoms with van der Waals surface area (Å²) < 4.78 is 18.6. The number of hydrogen-bond acceptors (Lipinski definition) is 4. The molecule has 0 unspecified atom stereocenters. The van der Waals surface area contributed by atoms with Crippen LogP contribution in [0.25, 0.3) is 11.2 Å². The van der Waals surface area contributed by atoms with Crippen LogP contribution in [0.4, 0.5) is 16.0 Å². The zero-order valence-corrected chi connectivity index (χ0v) is 19.0. The molecule has 1 aliphatic rings. The van der Waals surface area contributed by atoms with Gasteiger partial charge in [-0.05, 0) is 36.1 Å². The van der Waals surface area contributed by atoms with E-state index in [1.807, 2.05) is 4.57 Å². The molecule has 0 bridgehead atoms. The Hall–Kier alpha value is -3.68. The number of halogens is 1. The first-order valence-corrected chi connectivity index (χ1v) is 11.2. The van der Waals surface area contributed by atoms with E-state index < -0.39 is 17.1 Å². The summed E-state index contributed by atoms with van der Waals surface area (Å²) in [5, 5.41) is 0. The third-order valence-corrected chi connectivity index (χ3v) is 6.38. The minimum atomic E-state index is -0.516. The van der Waals surface area contributed by atoms with Crippen molar-refractivity contribution in [3.05, 3.63) is 86.3 Å². The van der Waals surface area contributed by atoms with Crippen LogP contribution in [0.5, 0.6) is 0 Å². The number of fused-ring (bicyclic) bond motifs is 3. The second-order valence-corrected chi connectivity index (χ2v) is 8.75. The fourth-order valence-electron chi connectivity index (χ4n) is 4.57. The molecule has 3 heterocycles. The highest BCUT2D eigenvalue weighted by molar-refractivity contribution is 5.77. The van der Waals surface area contributed by atoms with E-state index in [1.165, 1.54) is 16.2 Å². The Morgan fingerprint density at radius 1 is 1.06 bits per heavy atom. The highest BCUT2D eigenvalue weighted by Crippen LogP contribution is 2.33. The third-order valence-electron chi connectivity index (χ3n) is 6.38. The van der Waals surface area contributed by atoms with Crippen LogP contribution in [0.3, 0.4) is 0 Å². The lowest BCUT2D eigenvalue weighted by atomic mass is 10.1. The van der Waals surface area contributed by atoms with Gasteiger partial charge in [0.15, 0.2) is 11.2 Å². The first kappa shape index (κ1) is 21.2. The molecular formula is C25H26FN5O2. The van der Waals surface area contributed by atoms with Gasteiger partial charge in [0.05, 0.1) is 6.54 Å². The van der Waals surface area contributed by atoms with Gasteiger partial charge in [0, 0.05) is 31.4 Å². The average Bonchev–Trinajstić information content (AvgIpc) is 3.20. The molecule has 1 aliphatic heterocycles. The quantitative estimate of drug-likeness (QED) is 0.481. The van der Waals surface area contributed by atoms with Crippen molar-refractivity contribution >= 4 is 22.8 Å². The molecule has 8 heteroatoms. The van der Waals surface area contributed by atoms with Gasteiger partial charge in [0.25, 0.3) is 5.56 Å². The van der Waals surface area contributed by atoms with E-state index in [9.17, 15) is 14.0 Å². The summed E-state index contributed by atoms with van der Waals surface area (Å²) in [7, 11) is 1.60. The number of hydrogen-bond donors (Lipinski definition) is 0. The Balaban J connectivity index is 1.70. The second-order valence-electron chi connectivity index (χ2n) is 8.75. The molecule has 0 spiro atoms. The van der Waals surface area contributed by atoms with E-state index in [2.05, 4.69) is 43.0 Å². The fourth-order valence-corrected chi connectivity index (χ4v) is 4.57. The van der Waals surface area contributed by atoms with Crippen LogP contribution in [0, 0.1) is 11.7 Å². The van der Waals surface area contributed by atoms with E-state index in [-0.39, 0.29) is 12.5 Å². The normalized spacial score (nSPS) is 15.8. The molecule has 0 N–H and O–H groups in total. The zero-order chi connectivity index (χ0) is 23.3.